The first-order valence-electron chi connectivity index (χ1n) is 9.47. The maximum absolute atomic E-state index is 11.9. The maximum atomic E-state index is 11.9. The van der Waals surface area contributed by atoms with Crippen LogP contribution in [-0.4, -0.2) is 66.7 Å². The lowest BCUT2D eigenvalue weighted by Gasteiger charge is -2.36. The number of nitrogens with one attached hydrogen (secondary N) is 1. The average Bonchev–Trinajstić information content (AvgIpc) is 3.21. The molecular weight excluding hydrogens is 334 g/mol. The average molecular weight is 363 g/mol. The number of ether oxygens (including phenoxy) is 1. The van der Waals surface area contributed by atoms with Gasteiger partial charge in [-0.25, -0.2) is 4.79 Å². The number of furan rings is 1. The van der Waals surface area contributed by atoms with Gasteiger partial charge in [0.2, 0.25) is 5.91 Å². The number of likely N-dealkylation sites (tertiary alicyclic amines) is 2. The second-order valence-corrected chi connectivity index (χ2v) is 7.23. The Bertz CT molecular complexity index is 636. The number of piperidine rings is 1. The van der Waals surface area contributed by atoms with Crippen molar-refractivity contribution in [3.05, 3.63) is 23.7 Å². The van der Waals surface area contributed by atoms with Crippen LogP contribution in [0.2, 0.25) is 0 Å². The van der Waals surface area contributed by atoms with Gasteiger partial charge in [-0.3, -0.25) is 9.69 Å². The topological polar surface area (TPSA) is 75.0 Å². The molecule has 7 heteroatoms. The lowest BCUT2D eigenvalue weighted by atomic mass is 10.0. The molecule has 3 rings (SSSR count). The SMILES string of the molecule is CCOC(=O)N1CCC(N2C[C@@H](NC(C)=O)[C@H](c3ccc(C)o3)C2)CC1. The molecule has 144 valence electrons. The Kier molecular flexibility index (Phi) is 5.86. The van der Waals surface area contributed by atoms with Crippen molar-refractivity contribution in [1.29, 1.82) is 0 Å². The van der Waals surface area contributed by atoms with E-state index < -0.39 is 0 Å². The second-order valence-electron chi connectivity index (χ2n) is 7.23. The predicted octanol–water partition coefficient (Wildman–Crippen LogP) is 2.11. The number of carbonyl (C=O) groups is 2. The molecule has 0 saturated carbocycles. The Balaban J connectivity index is 1.62. The van der Waals surface area contributed by atoms with Gasteiger partial charge in [-0.15, -0.1) is 0 Å². The number of rotatable bonds is 4. The van der Waals surface area contributed by atoms with Crippen molar-refractivity contribution in [3.63, 3.8) is 0 Å². The third kappa shape index (κ3) is 4.20. The largest absolute Gasteiger partial charge is 0.466 e. The fourth-order valence-electron chi connectivity index (χ4n) is 4.11. The van der Waals surface area contributed by atoms with Crippen LogP contribution < -0.4 is 5.32 Å². The van der Waals surface area contributed by atoms with E-state index in [9.17, 15) is 9.59 Å². The Morgan fingerprint density at radius 2 is 2.00 bits per heavy atom. The van der Waals surface area contributed by atoms with Crippen LogP contribution in [0.4, 0.5) is 4.79 Å². The molecule has 2 amide bonds. The van der Waals surface area contributed by atoms with Gasteiger partial charge >= 0.3 is 6.09 Å². The zero-order valence-corrected chi connectivity index (χ0v) is 15.9. The van der Waals surface area contributed by atoms with Crippen LogP contribution in [0.5, 0.6) is 0 Å². The molecule has 26 heavy (non-hydrogen) atoms. The molecule has 3 heterocycles. The molecule has 1 N–H and O–H groups in total. The lowest BCUT2D eigenvalue weighted by molar-refractivity contribution is -0.119. The molecule has 0 spiro atoms. The van der Waals surface area contributed by atoms with Gasteiger partial charge in [0.05, 0.1) is 18.6 Å². The normalized spacial score (nSPS) is 24.7. The van der Waals surface area contributed by atoms with Gasteiger partial charge in [0, 0.05) is 39.1 Å². The second kappa shape index (κ2) is 8.12. The van der Waals surface area contributed by atoms with Gasteiger partial charge in [0.25, 0.3) is 0 Å². The minimum absolute atomic E-state index is 0.0118. The summed E-state index contributed by atoms with van der Waals surface area (Å²) >= 11 is 0. The summed E-state index contributed by atoms with van der Waals surface area (Å²) in [5.74, 6) is 1.98. The summed E-state index contributed by atoms with van der Waals surface area (Å²) in [6, 6.07) is 4.46. The van der Waals surface area contributed by atoms with Crippen LogP contribution in [0, 0.1) is 6.92 Å². The highest BCUT2D eigenvalue weighted by Gasteiger charge is 2.40. The zero-order valence-electron chi connectivity index (χ0n) is 15.9. The standard InChI is InChI=1S/C19H29N3O4/c1-4-25-19(24)21-9-7-15(8-10-21)22-11-16(17(12-22)20-14(3)23)18-6-5-13(2)26-18/h5-6,15-17H,4,7-12H2,1-3H3,(H,20,23)/t16-,17-/m1/s1. The van der Waals surface area contributed by atoms with Gasteiger partial charge in [-0.05, 0) is 38.8 Å². The molecular formula is C19H29N3O4. The summed E-state index contributed by atoms with van der Waals surface area (Å²) < 4.78 is 10.9. The first-order chi connectivity index (χ1) is 12.5. The van der Waals surface area contributed by atoms with Crippen LogP contribution in [0.1, 0.15) is 44.1 Å². The van der Waals surface area contributed by atoms with Crippen LogP contribution in [0.25, 0.3) is 0 Å². The van der Waals surface area contributed by atoms with Gasteiger partial charge in [-0.2, -0.15) is 0 Å². The molecule has 0 radical (unpaired) electrons. The van der Waals surface area contributed by atoms with Crippen LogP contribution in [0.3, 0.4) is 0 Å². The fourth-order valence-corrected chi connectivity index (χ4v) is 4.11. The molecule has 0 bridgehead atoms. The van der Waals surface area contributed by atoms with Crippen molar-refractivity contribution in [2.45, 2.75) is 51.6 Å². The highest BCUT2D eigenvalue weighted by atomic mass is 16.6. The molecule has 1 aromatic heterocycles. The molecule has 0 aliphatic carbocycles. The Morgan fingerprint density at radius 1 is 1.27 bits per heavy atom. The van der Waals surface area contributed by atoms with E-state index in [1.54, 1.807) is 11.8 Å². The molecule has 0 aromatic carbocycles. The van der Waals surface area contributed by atoms with E-state index in [0.29, 0.717) is 12.6 Å². The molecule has 2 aliphatic heterocycles. The van der Waals surface area contributed by atoms with Crippen LogP contribution >= 0.6 is 0 Å². The molecule has 2 atom stereocenters. The molecule has 2 saturated heterocycles. The van der Waals surface area contributed by atoms with Crippen molar-refractivity contribution in [2.24, 2.45) is 0 Å². The first kappa shape index (κ1) is 18.8. The van der Waals surface area contributed by atoms with Crippen LogP contribution in [-0.2, 0) is 9.53 Å². The Labute approximate surface area is 154 Å². The summed E-state index contributed by atoms with van der Waals surface area (Å²) in [5.41, 5.74) is 0. The summed E-state index contributed by atoms with van der Waals surface area (Å²) in [6.45, 7) is 8.85. The Hall–Kier alpha value is -2.02. The molecule has 0 unspecified atom stereocenters. The van der Waals surface area contributed by atoms with E-state index in [2.05, 4.69) is 10.2 Å². The third-order valence-electron chi connectivity index (χ3n) is 5.37. The van der Waals surface area contributed by atoms with Gasteiger partial charge in [-0.1, -0.05) is 0 Å². The monoisotopic (exact) mass is 363 g/mol. The van der Waals surface area contributed by atoms with E-state index in [-0.39, 0.29) is 24.0 Å². The maximum Gasteiger partial charge on any atom is 0.409 e. The van der Waals surface area contributed by atoms with E-state index in [1.807, 2.05) is 26.0 Å². The van der Waals surface area contributed by atoms with Gasteiger partial charge in [0.1, 0.15) is 11.5 Å². The summed E-state index contributed by atoms with van der Waals surface area (Å²) in [4.78, 5) is 27.7. The third-order valence-corrected chi connectivity index (χ3v) is 5.37. The van der Waals surface area contributed by atoms with Crippen molar-refractivity contribution >= 4 is 12.0 Å². The number of carbonyl (C=O) groups excluding carboxylic acids is 2. The quantitative estimate of drug-likeness (QED) is 0.887. The predicted molar refractivity (Wildman–Crippen MR) is 97.0 cm³/mol. The number of nitrogens with zero attached hydrogens (tertiary/aromatic N) is 2. The number of hydrogen-bond donors (Lipinski definition) is 1. The number of hydrogen-bond acceptors (Lipinski definition) is 5. The minimum Gasteiger partial charge on any atom is -0.466 e. The van der Waals surface area contributed by atoms with Gasteiger partial charge in [0.15, 0.2) is 0 Å². The van der Waals surface area contributed by atoms with Crippen molar-refractivity contribution in [3.8, 4) is 0 Å². The van der Waals surface area contributed by atoms with Crippen molar-refractivity contribution in [2.75, 3.05) is 32.8 Å². The molecule has 2 aliphatic rings. The smallest absolute Gasteiger partial charge is 0.409 e. The van der Waals surface area contributed by atoms with Crippen LogP contribution in [0.15, 0.2) is 16.5 Å². The Morgan fingerprint density at radius 3 is 2.58 bits per heavy atom. The number of amides is 2. The highest BCUT2D eigenvalue weighted by molar-refractivity contribution is 5.73. The van der Waals surface area contributed by atoms with E-state index >= 15 is 0 Å². The number of aryl methyl sites for hydroxylation is 1. The molecule has 1 aromatic rings. The minimum atomic E-state index is -0.215. The van der Waals surface area contributed by atoms with Gasteiger partial charge < -0.3 is 19.4 Å². The molecule has 7 nitrogen and oxygen atoms in total. The molecule has 2 fully saturated rings. The summed E-state index contributed by atoms with van der Waals surface area (Å²) in [5, 5.41) is 3.09. The van der Waals surface area contributed by atoms with Crippen molar-refractivity contribution < 1.29 is 18.7 Å². The first-order valence-corrected chi connectivity index (χ1v) is 9.47. The summed E-state index contributed by atoms with van der Waals surface area (Å²) in [6.07, 6.45) is 1.64. The fraction of sp³-hybridized carbons (Fsp3) is 0.684. The highest BCUT2D eigenvalue weighted by Crippen LogP contribution is 2.32. The lowest BCUT2D eigenvalue weighted by Crippen LogP contribution is -2.47. The van der Waals surface area contributed by atoms with E-state index in [1.165, 1.54) is 0 Å². The van der Waals surface area contributed by atoms with E-state index in [4.69, 9.17) is 9.15 Å². The summed E-state index contributed by atoms with van der Waals surface area (Å²) in [7, 11) is 0. The van der Waals surface area contributed by atoms with E-state index in [0.717, 1.165) is 50.5 Å². The van der Waals surface area contributed by atoms with Crippen molar-refractivity contribution in [1.82, 2.24) is 15.1 Å². The zero-order chi connectivity index (χ0) is 18.7.